The molecule has 0 bridgehead atoms. The Morgan fingerprint density at radius 3 is 3.00 bits per heavy atom. The summed E-state index contributed by atoms with van der Waals surface area (Å²) < 4.78 is 0. The van der Waals surface area contributed by atoms with Gasteiger partial charge in [0.25, 0.3) is 0 Å². The molecule has 1 aromatic heterocycles. The third-order valence-electron chi connectivity index (χ3n) is 3.39. The highest BCUT2D eigenvalue weighted by molar-refractivity contribution is 5.92. The molecule has 1 aliphatic rings. The molecule has 0 aliphatic carbocycles. The molecule has 3 nitrogen and oxygen atoms in total. The summed E-state index contributed by atoms with van der Waals surface area (Å²) in [6.07, 6.45) is 3.08. The van der Waals surface area contributed by atoms with Crippen molar-refractivity contribution in [2.75, 3.05) is 18.4 Å². The van der Waals surface area contributed by atoms with Crippen LogP contribution in [0.25, 0.3) is 10.9 Å². The van der Waals surface area contributed by atoms with E-state index in [0.717, 1.165) is 18.6 Å². The van der Waals surface area contributed by atoms with Crippen LogP contribution in [0.1, 0.15) is 12.0 Å². The third kappa shape index (κ3) is 2.42. The molecular weight excluding hydrogens is 246 g/mol. The van der Waals surface area contributed by atoms with Crippen molar-refractivity contribution in [3.63, 3.8) is 0 Å². The molecule has 0 saturated carbocycles. The fourth-order valence-corrected chi connectivity index (χ4v) is 2.45. The van der Waals surface area contributed by atoms with Gasteiger partial charge in [0.1, 0.15) is 0 Å². The van der Waals surface area contributed by atoms with Crippen LogP contribution in [0.4, 0.5) is 5.69 Å². The number of hydrogen-bond acceptors (Lipinski definition) is 3. The van der Waals surface area contributed by atoms with Crippen molar-refractivity contribution in [2.24, 2.45) is 0 Å². The van der Waals surface area contributed by atoms with Gasteiger partial charge >= 0.3 is 0 Å². The highest BCUT2D eigenvalue weighted by Gasteiger charge is 2.15. The minimum atomic E-state index is 0. The van der Waals surface area contributed by atoms with E-state index in [0.29, 0.717) is 6.04 Å². The molecule has 1 atom stereocenters. The van der Waals surface area contributed by atoms with E-state index >= 15 is 0 Å². The molecular formula is C14H18ClN3. The fourth-order valence-electron chi connectivity index (χ4n) is 2.45. The van der Waals surface area contributed by atoms with Gasteiger partial charge in [-0.05, 0) is 31.5 Å². The summed E-state index contributed by atoms with van der Waals surface area (Å²) in [4.78, 5) is 4.46. The molecule has 0 amide bonds. The molecule has 1 aromatic carbocycles. The van der Waals surface area contributed by atoms with Crippen molar-refractivity contribution in [3.05, 3.63) is 36.0 Å². The zero-order valence-electron chi connectivity index (χ0n) is 10.4. The first-order valence-electron chi connectivity index (χ1n) is 6.16. The van der Waals surface area contributed by atoms with Gasteiger partial charge in [-0.15, -0.1) is 12.4 Å². The van der Waals surface area contributed by atoms with E-state index in [9.17, 15) is 0 Å². The van der Waals surface area contributed by atoms with Gasteiger partial charge in [0.15, 0.2) is 0 Å². The van der Waals surface area contributed by atoms with Crippen LogP contribution in [-0.2, 0) is 0 Å². The molecule has 18 heavy (non-hydrogen) atoms. The van der Waals surface area contributed by atoms with Crippen molar-refractivity contribution >= 4 is 29.0 Å². The van der Waals surface area contributed by atoms with Gasteiger partial charge in [0.05, 0.1) is 5.52 Å². The monoisotopic (exact) mass is 263 g/mol. The van der Waals surface area contributed by atoms with Crippen molar-refractivity contribution in [2.45, 2.75) is 19.4 Å². The lowest BCUT2D eigenvalue weighted by atomic mass is 10.1. The lowest BCUT2D eigenvalue weighted by Gasteiger charge is -2.15. The van der Waals surface area contributed by atoms with Crippen molar-refractivity contribution in [1.82, 2.24) is 10.3 Å². The van der Waals surface area contributed by atoms with Gasteiger partial charge in [-0.3, -0.25) is 4.98 Å². The number of fused-ring (bicyclic) bond motifs is 1. The Labute approximate surface area is 113 Å². The number of pyridine rings is 1. The maximum absolute atomic E-state index is 4.46. The van der Waals surface area contributed by atoms with E-state index in [1.165, 1.54) is 23.1 Å². The van der Waals surface area contributed by atoms with Crippen LogP contribution in [0.2, 0.25) is 0 Å². The molecule has 2 heterocycles. The van der Waals surface area contributed by atoms with E-state index in [2.05, 4.69) is 46.8 Å². The second-order valence-electron chi connectivity index (χ2n) is 4.66. The molecule has 0 spiro atoms. The Morgan fingerprint density at radius 2 is 2.22 bits per heavy atom. The molecule has 4 heteroatoms. The summed E-state index contributed by atoms with van der Waals surface area (Å²) >= 11 is 0. The van der Waals surface area contributed by atoms with Gasteiger partial charge in [-0.1, -0.05) is 18.2 Å². The zero-order chi connectivity index (χ0) is 11.7. The molecule has 2 aromatic rings. The SMILES string of the molecule is Cc1cccc2c(N[C@@H]3CCNC3)ccnc12.Cl. The number of nitrogens with one attached hydrogen (secondary N) is 2. The normalized spacial score (nSPS) is 18.6. The fraction of sp³-hybridized carbons (Fsp3) is 0.357. The Bertz CT molecular complexity index is 536. The highest BCUT2D eigenvalue weighted by Crippen LogP contribution is 2.24. The van der Waals surface area contributed by atoms with Crippen LogP contribution in [0.3, 0.4) is 0 Å². The summed E-state index contributed by atoms with van der Waals surface area (Å²) in [5, 5.41) is 8.20. The quantitative estimate of drug-likeness (QED) is 0.875. The van der Waals surface area contributed by atoms with E-state index in [1.807, 2.05) is 6.20 Å². The van der Waals surface area contributed by atoms with Gasteiger partial charge in [-0.2, -0.15) is 0 Å². The van der Waals surface area contributed by atoms with Crippen LogP contribution in [0, 0.1) is 6.92 Å². The number of para-hydroxylation sites is 1. The van der Waals surface area contributed by atoms with Crippen molar-refractivity contribution in [3.8, 4) is 0 Å². The minimum Gasteiger partial charge on any atom is -0.380 e. The van der Waals surface area contributed by atoms with Crippen LogP contribution < -0.4 is 10.6 Å². The number of hydrogen-bond donors (Lipinski definition) is 2. The number of aromatic nitrogens is 1. The molecule has 3 rings (SSSR count). The molecule has 2 N–H and O–H groups in total. The van der Waals surface area contributed by atoms with Crippen LogP contribution in [0.5, 0.6) is 0 Å². The highest BCUT2D eigenvalue weighted by atomic mass is 35.5. The Kier molecular flexibility index (Phi) is 4.04. The first kappa shape index (κ1) is 13.1. The number of anilines is 1. The topological polar surface area (TPSA) is 37.0 Å². The standard InChI is InChI=1S/C14H17N3.ClH/c1-10-3-2-4-12-13(6-8-16-14(10)12)17-11-5-7-15-9-11;/h2-4,6,8,11,15H,5,7,9H2,1H3,(H,16,17);1H/t11-;/m1./s1. The largest absolute Gasteiger partial charge is 0.380 e. The molecule has 1 aliphatic heterocycles. The Hall–Kier alpha value is -1.32. The zero-order valence-corrected chi connectivity index (χ0v) is 11.3. The molecule has 0 unspecified atom stereocenters. The Balaban J connectivity index is 0.00000120. The predicted molar refractivity (Wildman–Crippen MR) is 78.6 cm³/mol. The molecule has 96 valence electrons. The van der Waals surface area contributed by atoms with E-state index in [-0.39, 0.29) is 12.4 Å². The summed E-state index contributed by atoms with van der Waals surface area (Å²) in [5.41, 5.74) is 3.53. The van der Waals surface area contributed by atoms with Crippen LogP contribution in [-0.4, -0.2) is 24.1 Å². The number of benzene rings is 1. The summed E-state index contributed by atoms with van der Waals surface area (Å²) in [6.45, 7) is 4.27. The van der Waals surface area contributed by atoms with Gasteiger partial charge in [-0.25, -0.2) is 0 Å². The smallest absolute Gasteiger partial charge is 0.0751 e. The van der Waals surface area contributed by atoms with E-state index in [4.69, 9.17) is 0 Å². The molecule has 0 radical (unpaired) electrons. The van der Waals surface area contributed by atoms with E-state index in [1.54, 1.807) is 0 Å². The van der Waals surface area contributed by atoms with Gasteiger partial charge in [0.2, 0.25) is 0 Å². The maximum Gasteiger partial charge on any atom is 0.0751 e. The van der Waals surface area contributed by atoms with Gasteiger partial charge in [0, 0.05) is 29.9 Å². The number of rotatable bonds is 2. The lowest BCUT2D eigenvalue weighted by molar-refractivity contribution is 0.794. The second kappa shape index (κ2) is 5.55. The number of nitrogens with zero attached hydrogens (tertiary/aromatic N) is 1. The Morgan fingerprint density at radius 1 is 1.33 bits per heavy atom. The van der Waals surface area contributed by atoms with Crippen LogP contribution in [0.15, 0.2) is 30.5 Å². The minimum absolute atomic E-state index is 0. The first-order chi connectivity index (χ1) is 8.34. The third-order valence-corrected chi connectivity index (χ3v) is 3.39. The van der Waals surface area contributed by atoms with Crippen molar-refractivity contribution < 1.29 is 0 Å². The molecule has 1 fully saturated rings. The van der Waals surface area contributed by atoms with Crippen molar-refractivity contribution in [1.29, 1.82) is 0 Å². The molecule has 1 saturated heterocycles. The average molecular weight is 264 g/mol. The van der Waals surface area contributed by atoms with Crippen LogP contribution >= 0.6 is 12.4 Å². The number of aryl methyl sites for hydroxylation is 1. The lowest BCUT2D eigenvalue weighted by Crippen LogP contribution is -2.22. The summed E-state index contributed by atoms with van der Waals surface area (Å²) in [6, 6.07) is 8.95. The summed E-state index contributed by atoms with van der Waals surface area (Å²) in [5.74, 6) is 0. The second-order valence-corrected chi connectivity index (χ2v) is 4.66. The average Bonchev–Trinajstić information content (AvgIpc) is 2.83. The number of halogens is 1. The first-order valence-corrected chi connectivity index (χ1v) is 6.16. The predicted octanol–water partition coefficient (Wildman–Crippen LogP) is 2.74. The van der Waals surface area contributed by atoms with Gasteiger partial charge < -0.3 is 10.6 Å². The maximum atomic E-state index is 4.46. The summed E-state index contributed by atoms with van der Waals surface area (Å²) in [7, 11) is 0. The van der Waals surface area contributed by atoms with E-state index < -0.39 is 0 Å².